The highest BCUT2D eigenvalue weighted by atomic mass is 79.9. The molecule has 0 aromatic heterocycles. The Bertz CT molecular complexity index is 1070. The van der Waals surface area contributed by atoms with E-state index >= 15 is 0 Å². The number of nitrogens with zero attached hydrogens (tertiary/aromatic N) is 1. The summed E-state index contributed by atoms with van der Waals surface area (Å²) >= 11 is 7.27. The first kappa shape index (κ1) is 24.5. The van der Waals surface area contributed by atoms with Crippen LogP contribution in [0.15, 0.2) is 56.3 Å². The van der Waals surface area contributed by atoms with Crippen molar-refractivity contribution < 1.29 is 14.3 Å². The van der Waals surface area contributed by atoms with Gasteiger partial charge in [-0.1, -0.05) is 56.3 Å². The van der Waals surface area contributed by atoms with Gasteiger partial charge in [-0.05, 0) is 51.7 Å². The SMILES string of the molecule is C=CCOc1c(Br)cc(Br)cc1C1C2=C(CC(C)(C)CC2=O)N(C)C2=C1C(=O)CC(C)(C)C2. The second-order valence-corrected chi connectivity index (χ2v) is 12.8. The van der Waals surface area contributed by atoms with Gasteiger partial charge in [-0.2, -0.15) is 0 Å². The summed E-state index contributed by atoms with van der Waals surface area (Å²) in [4.78, 5) is 29.5. The average molecular weight is 577 g/mol. The van der Waals surface area contributed by atoms with Crippen molar-refractivity contribution in [2.45, 2.75) is 59.3 Å². The first-order chi connectivity index (χ1) is 15.3. The number of carbonyl (C=O) groups is 2. The molecule has 2 aliphatic carbocycles. The van der Waals surface area contributed by atoms with E-state index in [2.05, 4.69) is 71.0 Å². The third-order valence-electron chi connectivity index (χ3n) is 6.87. The molecule has 0 radical (unpaired) electrons. The Kier molecular flexibility index (Phi) is 6.32. The van der Waals surface area contributed by atoms with E-state index in [4.69, 9.17) is 4.74 Å². The summed E-state index contributed by atoms with van der Waals surface area (Å²) in [5.74, 6) is 0.453. The van der Waals surface area contributed by atoms with Crippen LogP contribution in [0, 0.1) is 10.8 Å². The summed E-state index contributed by atoms with van der Waals surface area (Å²) in [7, 11) is 2.02. The van der Waals surface area contributed by atoms with E-state index in [1.54, 1.807) is 6.08 Å². The van der Waals surface area contributed by atoms with Crippen molar-refractivity contribution in [1.29, 1.82) is 0 Å². The standard InChI is InChI=1S/C27H31Br2NO3/c1-7-8-33-25-16(9-15(28)10-17(25)29)22-23-18(11-26(2,3)13-20(23)31)30(6)19-12-27(4,5)14-21(32)24(19)22/h7,9-10,22H,1,8,11-14H2,2-6H3. The zero-order chi connectivity index (χ0) is 24.3. The molecule has 4 nitrogen and oxygen atoms in total. The van der Waals surface area contributed by atoms with Crippen LogP contribution in [-0.4, -0.2) is 30.1 Å². The number of hydrogen-bond acceptors (Lipinski definition) is 4. The Morgan fingerprint density at radius 3 is 2.00 bits per heavy atom. The summed E-state index contributed by atoms with van der Waals surface area (Å²) in [6.07, 6.45) is 4.23. The quantitative estimate of drug-likeness (QED) is 0.359. The topological polar surface area (TPSA) is 46.6 Å². The molecule has 176 valence electrons. The van der Waals surface area contributed by atoms with E-state index in [0.29, 0.717) is 25.2 Å². The summed E-state index contributed by atoms with van der Waals surface area (Å²) in [6, 6.07) is 3.92. The van der Waals surface area contributed by atoms with Crippen LogP contribution < -0.4 is 4.74 Å². The summed E-state index contributed by atoms with van der Waals surface area (Å²) < 4.78 is 7.74. The normalized spacial score (nSPS) is 22.3. The molecule has 0 unspecified atom stereocenters. The van der Waals surface area contributed by atoms with Gasteiger partial charge in [0.1, 0.15) is 12.4 Å². The molecular weight excluding hydrogens is 546 g/mol. The van der Waals surface area contributed by atoms with Gasteiger partial charge in [0.15, 0.2) is 11.6 Å². The molecule has 0 amide bonds. The van der Waals surface area contributed by atoms with Crippen LogP contribution in [-0.2, 0) is 9.59 Å². The Labute approximate surface area is 213 Å². The molecule has 33 heavy (non-hydrogen) atoms. The number of ketones is 2. The first-order valence-electron chi connectivity index (χ1n) is 11.3. The van der Waals surface area contributed by atoms with Crippen molar-refractivity contribution in [3.63, 3.8) is 0 Å². The third-order valence-corrected chi connectivity index (χ3v) is 7.92. The zero-order valence-corrected chi connectivity index (χ0v) is 23.2. The van der Waals surface area contributed by atoms with Crippen molar-refractivity contribution in [2.75, 3.05) is 13.7 Å². The lowest BCUT2D eigenvalue weighted by molar-refractivity contribution is -0.119. The van der Waals surface area contributed by atoms with Gasteiger partial charge in [0.05, 0.1) is 4.47 Å². The van der Waals surface area contributed by atoms with Gasteiger partial charge >= 0.3 is 0 Å². The molecule has 6 heteroatoms. The van der Waals surface area contributed by atoms with Gasteiger partial charge in [-0.3, -0.25) is 9.59 Å². The lowest BCUT2D eigenvalue weighted by Crippen LogP contribution is -2.43. The number of carbonyl (C=O) groups excluding carboxylic acids is 2. The monoisotopic (exact) mass is 575 g/mol. The number of allylic oxidation sites excluding steroid dienone is 4. The Hall–Kier alpha value is -1.66. The smallest absolute Gasteiger partial charge is 0.162 e. The van der Waals surface area contributed by atoms with E-state index in [1.165, 1.54) is 0 Å². The second-order valence-electron chi connectivity index (χ2n) is 11.0. The maximum atomic E-state index is 13.7. The number of benzene rings is 1. The molecule has 0 fully saturated rings. The minimum absolute atomic E-state index is 0.119. The van der Waals surface area contributed by atoms with Crippen molar-refractivity contribution in [3.05, 3.63) is 61.8 Å². The highest BCUT2D eigenvalue weighted by Crippen LogP contribution is 2.55. The van der Waals surface area contributed by atoms with E-state index in [1.807, 2.05) is 19.2 Å². The number of hydrogen-bond donors (Lipinski definition) is 0. The minimum Gasteiger partial charge on any atom is -0.488 e. The molecule has 0 spiro atoms. The lowest BCUT2D eigenvalue weighted by Gasteiger charge is -2.48. The van der Waals surface area contributed by atoms with Crippen LogP contribution in [0.4, 0.5) is 0 Å². The molecule has 1 heterocycles. The molecule has 0 saturated carbocycles. The molecule has 3 aliphatic rings. The Balaban J connectivity index is 2.03. The van der Waals surface area contributed by atoms with Gasteiger partial charge in [-0.25, -0.2) is 0 Å². The van der Waals surface area contributed by atoms with Crippen molar-refractivity contribution in [2.24, 2.45) is 10.8 Å². The molecule has 0 bridgehead atoms. The third kappa shape index (κ3) is 4.41. The number of rotatable bonds is 4. The van der Waals surface area contributed by atoms with Crippen LogP contribution >= 0.6 is 31.9 Å². The van der Waals surface area contributed by atoms with Crippen LogP contribution in [0.2, 0.25) is 0 Å². The largest absolute Gasteiger partial charge is 0.488 e. The minimum atomic E-state index is -0.438. The van der Waals surface area contributed by atoms with E-state index in [9.17, 15) is 9.59 Å². The highest BCUT2D eigenvalue weighted by molar-refractivity contribution is 9.11. The Morgan fingerprint density at radius 2 is 1.52 bits per heavy atom. The predicted octanol–water partition coefficient (Wildman–Crippen LogP) is 7.09. The lowest BCUT2D eigenvalue weighted by atomic mass is 9.63. The van der Waals surface area contributed by atoms with Gasteiger partial charge in [0.25, 0.3) is 0 Å². The summed E-state index contributed by atoms with van der Waals surface area (Å²) in [5, 5.41) is 0. The van der Waals surface area contributed by atoms with Crippen molar-refractivity contribution in [1.82, 2.24) is 4.90 Å². The van der Waals surface area contributed by atoms with Crippen LogP contribution in [0.5, 0.6) is 5.75 Å². The van der Waals surface area contributed by atoms with Gasteiger partial charge in [0, 0.05) is 58.4 Å². The van der Waals surface area contributed by atoms with Crippen molar-refractivity contribution >= 4 is 43.4 Å². The average Bonchev–Trinajstić information content (AvgIpc) is 2.67. The van der Waals surface area contributed by atoms with E-state index in [-0.39, 0.29) is 22.4 Å². The number of Topliss-reactive ketones (excluding diaryl/α,β-unsaturated/α-hetero) is 2. The van der Waals surface area contributed by atoms with Gasteiger partial charge < -0.3 is 9.64 Å². The fourth-order valence-corrected chi connectivity index (χ4v) is 6.94. The fraction of sp³-hybridized carbons (Fsp3) is 0.481. The predicted molar refractivity (Wildman–Crippen MR) is 138 cm³/mol. The molecule has 0 N–H and O–H groups in total. The molecular formula is C27H31Br2NO3. The maximum Gasteiger partial charge on any atom is 0.162 e. The fourth-order valence-electron chi connectivity index (χ4n) is 5.56. The highest BCUT2D eigenvalue weighted by Gasteiger charge is 2.49. The van der Waals surface area contributed by atoms with Gasteiger partial charge in [-0.15, -0.1) is 0 Å². The van der Waals surface area contributed by atoms with Crippen LogP contribution in [0.1, 0.15) is 64.9 Å². The molecule has 4 rings (SSSR count). The summed E-state index contributed by atoms with van der Waals surface area (Å²) in [6.45, 7) is 12.7. The molecule has 1 aromatic rings. The number of halogens is 2. The molecule has 0 saturated heterocycles. The molecule has 1 aromatic carbocycles. The van der Waals surface area contributed by atoms with Gasteiger partial charge in [0.2, 0.25) is 0 Å². The Morgan fingerprint density at radius 1 is 1.00 bits per heavy atom. The second kappa shape index (κ2) is 8.53. The molecule has 0 atom stereocenters. The van der Waals surface area contributed by atoms with E-state index < -0.39 is 5.92 Å². The zero-order valence-electron chi connectivity index (χ0n) is 20.0. The summed E-state index contributed by atoms with van der Waals surface area (Å²) in [5.41, 5.74) is 4.16. The van der Waals surface area contributed by atoms with Crippen LogP contribution in [0.3, 0.4) is 0 Å². The number of ether oxygens (including phenoxy) is 1. The maximum absolute atomic E-state index is 13.7. The van der Waals surface area contributed by atoms with E-state index in [0.717, 1.165) is 49.9 Å². The first-order valence-corrected chi connectivity index (χ1v) is 12.9. The molecule has 1 aliphatic heterocycles. The van der Waals surface area contributed by atoms with Crippen molar-refractivity contribution in [3.8, 4) is 5.75 Å². The van der Waals surface area contributed by atoms with Crippen LogP contribution in [0.25, 0.3) is 0 Å².